The molecule has 0 amide bonds. The Balaban J connectivity index is 2.16. The molecular formula is C15H20N4. The summed E-state index contributed by atoms with van der Waals surface area (Å²) in [6, 6.07) is 10.1. The maximum absolute atomic E-state index is 7.60. The second-order valence-corrected chi connectivity index (χ2v) is 5.36. The van der Waals surface area contributed by atoms with Crippen molar-refractivity contribution < 1.29 is 0 Å². The molecule has 4 heteroatoms. The fraction of sp³-hybridized carbons (Fsp3) is 0.333. The van der Waals surface area contributed by atoms with Crippen molar-refractivity contribution in [3.8, 4) is 11.4 Å². The van der Waals surface area contributed by atoms with Crippen LogP contribution in [0.2, 0.25) is 0 Å². The Morgan fingerprint density at radius 2 is 2.00 bits per heavy atom. The van der Waals surface area contributed by atoms with Crippen molar-refractivity contribution in [3.63, 3.8) is 0 Å². The zero-order valence-corrected chi connectivity index (χ0v) is 11.4. The average molecular weight is 256 g/mol. The summed E-state index contributed by atoms with van der Waals surface area (Å²) >= 11 is 0. The van der Waals surface area contributed by atoms with E-state index < -0.39 is 0 Å². The number of benzene rings is 1. The first-order valence-electron chi connectivity index (χ1n) is 6.42. The molecule has 0 unspecified atom stereocenters. The van der Waals surface area contributed by atoms with Gasteiger partial charge in [-0.2, -0.15) is 0 Å². The third-order valence-corrected chi connectivity index (χ3v) is 3.45. The Morgan fingerprint density at radius 1 is 1.32 bits per heavy atom. The highest BCUT2D eigenvalue weighted by Crippen LogP contribution is 2.23. The van der Waals surface area contributed by atoms with Gasteiger partial charge < -0.3 is 10.3 Å². The fourth-order valence-corrected chi connectivity index (χ4v) is 1.87. The van der Waals surface area contributed by atoms with Crippen LogP contribution >= 0.6 is 0 Å². The van der Waals surface area contributed by atoms with Gasteiger partial charge in [0.2, 0.25) is 0 Å². The number of nitrogens with two attached hydrogens (primary N) is 1. The largest absolute Gasteiger partial charge is 0.387 e. The zero-order chi connectivity index (χ0) is 13.9. The van der Waals surface area contributed by atoms with Gasteiger partial charge in [-0.05, 0) is 6.42 Å². The number of amidine groups is 1. The molecule has 1 aromatic carbocycles. The van der Waals surface area contributed by atoms with E-state index in [4.69, 9.17) is 11.1 Å². The first kappa shape index (κ1) is 13.3. The molecule has 0 aliphatic rings. The maximum atomic E-state index is 7.60. The number of nitrogens with one attached hydrogen (secondary N) is 1. The molecule has 0 aliphatic carbocycles. The Morgan fingerprint density at radius 3 is 2.63 bits per heavy atom. The van der Waals surface area contributed by atoms with Gasteiger partial charge in [0.1, 0.15) is 5.82 Å². The molecule has 1 aromatic heterocycles. The van der Waals surface area contributed by atoms with E-state index in [0.717, 1.165) is 24.4 Å². The number of aryl methyl sites for hydroxylation is 1. The highest BCUT2D eigenvalue weighted by Gasteiger charge is 2.21. The number of imidazole rings is 1. The lowest BCUT2D eigenvalue weighted by Crippen LogP contribution is -2.31. The van der Waals surface area contributed by atoms with Gasteiger partial charge in [-0.25, -0.2) is 4.98 Å². The van der Waals surface area contributed by atoms with Crippen LogP contribution in [0.4, 0.5) is 0 Å². The Bertz CT molecular complexity index is 555. The van der Waals surface area contributed by atoms with Crippen molar-refractivity contribution in [3.05, 3.63) is 42.7 Å². The molecule has 1 heterocycles. The smallest absolute Gasteiger partial charge is 0.139 e. The zero-order valence-electron chi connectivity index (χ0n) is 11.4. The van der Waals surface area contributed by atoms with E-state index in [9.17, 15) is 0 Å². The van der Waals surface area contributed by atoms with Crippen LogP contribution in [0.15, 0.2) is 42.7 Å². The third-order valence-electron chi connectivity index (χ3n) is 3.45. The van der Waals surface area contributed by atoms with Crippen LogP contribution in [0.1, 0.15) is 20.3 Å². The van der Waals surface area contributed by atoms with Gasteiger partial charge in [-0.15, -0.1) is 0 Å². The number of hydrogen-bond acceptors (Lipinski definition) is 2. The van der Waals surface area contributed by atoms with E-state index in [2.05, 4.69) is 21.7 Å². The first-order valence-corrected chi connectivity index (χ1v) is 6.42. The maximum Gasteiger partial charge on any atom is 0.139 e. The summed E-state index contributed by atoms with van der Waals surface area (Å²) in [7, 11) is 0. The van der Waals surface area contributed by atoms with E-state index >= 15 is 0 Å². The fourth-order valence-electron chi connectivity index (χ4n) is 1.87. The van der Waals surface area contributed by atoms with E-state index in [1.807, 2.05) is 44.4 Å². The van der Waals surface area contributed by atoms with Gasteiger partial charge in [-0.1, -0.05) is 44.2 Å². The van der Waals surface area contributed by atoms with Gasteiger partial charge in [0.05, 0.1) is 5.84 Å². The predicted octanol–water partition coefficient (Wildman–Crippen LogP) is 2.90. The molecule has 0 saturated carbocycles. The molecule has 0 radical (unpaired) electrons. The highest BCUT2D eigenvalue weighted by molar-refractivity contribution is 5.82. The van der Waals surface area contributed by atoms with E-state index in [1.54, 1.807) is 0 Å². The highest BCUT2D eigenvalue weighted by atomic mass is 15.1. The van der Waals surface area contributed by atoms with Crippen molar-refractivity contribution in [1.82, 2.24) is 9.55 Å². The average Bonchev–Trinajstić information content (AvgIpc) is 2.85. The van der Waals surface area contributed by atoms with E-state index in [-0.39, 0.29) is 11.3 Å². The molecule has 4 nitrogen and oxygen atoms in total. The number of nitrogens with zero attached hydrogens (tertiary/aromatic N) is 2. The van der Waals surface area contributed by atoms with E-state index in [1.165, 1.54) is 0 Å². The summed E-state index contributed by atoms with van der Waals surface area (Å²) in [6.45, 7) is 4.79. The lowest BCUT2D eigenvalue weighted by Gasteiger charge is -2.23. The summed E-state index contributed by atoms with van der Waals surface area (Å²) in [4.78, 5) is 4.41. The topological polar surface area (TPSA) is 67.7 Å². The van der Waals surface area contributed by atoms with Crippen LogP contribution in [0, 0.1) is 10.8 Å². The summed E-state index contributed by atoms with van der Waals surface area (Å²) < 4.78 is 2.11. The quantitative estimate of drug-likeness (QED) is 0.638. The summed E-state index contributed by atoms with van der Waals surface area (Å²) in [6.07, 6.45) is 4.60. The van der Waals surface area contributed by atoms with Crippen LogP contribution in [-0.4, -0.2) is 15.4 Å². The number of aromatic nitrogens is 2. The lowest BCUT2D eigenvalue weighted by atomic mass is 9.88. The second-order valence-electron chi connectivity index (χ2n) is 5.36. The Labute approximate surface area is 113 Å². The van der Waals surface area contributed by atoms with Crippen molar-refractivity contribution in [2.45, 2.75) is 26.8 Å². The molecule has 0 spiro atoms. The van der Waals surface area contributed by atoms with Gasteiger partial charge >= 0.3 is 0 Å². The van der Waals surface area contributed by atoms with E-state index in [0.29, 0.717) is 0 Å². The van der Waals surface area contributed by atoms with Crippen molar-refractivity contribution in [2.75, 3.05) is 0 Å². The molecule has 3 N–H and O–H groups in total. The minimum atomic E-state index is -0.280. The Hall–Kier alpha value is -2.10. The predicted molar refractivity (Wildman–Crippen MR) is 78.0 cm³/mol. The third kappa shape index (κ3) is 3.02. The first-order chi connectivity index (χ1) is 9.00. The SMILES string of the molecule is CC(C)(CCn1ccnc1-c1ccccc1)C(=N)N. The molecule has 0 aliphatic heterocycles. The lowest BCUT2D eigenvalue weighted by molar-refractivity contribution is 0.429. The molecule has 0 atom stereocenters. The molecule has 0 fully saturated rings. The van der Waals surface area contributed by atoms with Crippen molar-refractivity contribution in [1.29, 1.82) is 5.41 Å². The molecule has 19 heavy (non-hydrogen) atoms. The monoisotopic (exact) mass is 256 g/mol. The molecule has 0 saturated heterocycles. The molecule has 100 valence electrons. The molecule has 2 rings (SSSR count). The molecule has 2 aromatic rings. The van der Waals surface area contributed by atoms with Crippen molar-refractivity contribution >= 4 is 5.84 Å². The van der Waals surface area contributed by atoms with Gasteiger partial charge in [0.25, 0.3) is 0 Å². The van der Waals surface area contributed by atoms with Crippen LogP contribution in [-0.2, 0) is 6.54 Å². The van der Waals surface area contributed by atoms with Gasteiger partial charge in [-0.3, -0.25) is 5.41 Å². The molecular weight excluding hydrogens is 236 g/mol. The number of rotatable bonds is 5. The van der Waals surface area contributed by atoms with Crippen LogP contribution < -0.4 is 5.73 Å². The van der Waals surface area contributed by atoms with Crippen LogP contribution in [0.25, 0.3) is 11.4 Å². The van der Waals surface area contributed by atoms with Crippen LogP contribution in [0.5, 0.6) is 0 Å². The van der Waals surface area contributed by atoms with Crippen LogP contribution in [0.3, 0.4) is 0 Å². The summed E-state index contributed by atoms with van der Waals surface area (Å²) in [5.41, 5.74) is 6.44. The Kier molecular flexibility index (Phi) is 3.69. The second kappa shape index (κ2) is 5.26. The number of hydrogen-bond donors (Lipinski definition) is 2. The van der Waals surface area contributed by atoms with Gasteiger partial charge in [0, 0.05) is 29.9 Å². The standard InChI is InChI=1S/C15H20N4/c1-15(2,14(16)17)8-10-19-11-9-18-13(19)12-6-4-3-5-7-12/h3-7,9,11H,8,10H2,1-2H3,(H3,16,17). The summed E-state index contributed by atoms with van der Waals surface area (Å²) in [5.74, 6) is 1.19. The summed E-state index contributed by atoms with van der Waals surface area (Å²) in [5, 5.41) is 7.60. The molecule has 0 bridgehead atoms. The van der Waals surface area contributed by atoms with Crippen molar-refractivity contribution in [2.24, 2.45) is 11.1 Å². The van der Waals surface area contributed by atoms with Gasteiger partial charge in [0.15, 0.2) is 0 Å². The minimum absolute atomic E-state index is 0.230. The normalized spacial score (nSPS) is 11.5. The minimum Gasteiger partial charge on any atom is -0.387 e.